The highest BCUT2D eigenvalue weighted by Crippen LogP contribution is 2.07. The number of ether oxygens (including phenoxy) is 1. The molecule has 1 atom stereocenters. The van der Waals surface area contributed by atoms with E-state index in [1.54, 1.807) is 4.68 Å². The van der Waals surface area contributed by atoms with Gasteiger partial charge in [0, 0.05) is 11.8 Å². The summed E-state index contributed by atoms with van der Waals surface area (Å²) in [5, 5.41) is 4.09. The van der Waals surface area contributed by atoms with Gasteiger partial charge in [0.2, 0.25) is 0 Å². The van der Waals surface area contributed by atoms with Crippen molar-refractivity contribution < 1.29 is 4.74 Å². The van der Waals surface area contributed by atoms with Crippen molar-refractivity contribution in [1.29, 1.82) is 0 Å². The molecule has 0 spiro atoms. The molecular formula is C9H17N3O. The van der Waals surface area contributed by atoms with E-state index in [1.807, 2.05) is 20.0 Å². The number of nitrogen functional groups attached to an aromatic ring is 1. The van der Waals surface area contributed by atoms with Crippen molar-refractivity contribution in [3.8, 4) is 0 Å². The number of aryl methyl sites for hydroxylation is 1. The summed E-state index contributed by atoms with van der Waals surface area (Å²) in [5.41, 5.74) is 6.59. The molecule has 74 valence electrons. The van der Waals surface area contributed by atoms with Crippen molar-refractivity contribution in [2.75, 3.05) is 5.73 Å². The maximum absolute atomic E-state index is 5.59. The van der Waals surface area contributed by atoms with E-state index in [1.165, 1.54) is 0 Å². The largest absolute Gasteiger partial charge is 0.382 e. The maximum atomic E-state index is 5.59. The van der Waals surface area contributed by atoms with Crippen LogP contribution in [-0.2, 0) is 11.5 Å². The van der Waals surface area contributed by atoms with Crippen molar-refractivity contribution >= 4 is 5.82 Å². The average Bonchev–Trinajstić information content (AvgIpc) is 2.42. The zero-order valence-corrected chi connectivity index (χ0v) is 8.45. The summed E-state index contributed by atoms with van der Waals surface area (Å²) in [7, 11) is 0. The summed E-state index contributed by atoms with van der Waals surface area (Å²) >= 11 is 0. The first-order valence-corrected chi connectivity index (χ1v) is 4.54. The van der Waals surface area contributed by atoms with Gasteiger partial charge in [0.15, 0.2) is 0 Å². The van der Waals surface area contributed by atoms with Crippen molar-refractivity contribution in [1.82, 2.24) is 9.78 Å². The normalized spacial score (nSPS) is 13.2. The average molecular weight is 183 g/mol. The van der Waals surface area contributed by atoms with Crippen LogP contribution in [0, 0.1) is 6.92 Å². The van der Waals surface area contributed by atoms with E-state index < -0.39 is 0 Å². The van der Waals surface area contributed by atoms with Gasteiger partial charge in [-0.15, -0.1) is 0 Å². The van der Waals surface area contributed by atoms with E-state index in [-0.39, 0.29) is 6.10 Å². The summed E-state index contributed by atoms with van der Waals surface area (Å²) in [5.74, 6) is 0.577. The van der Waals surface area contributed by atoms with Crippen LogP contribution in [0.4, 0.5) is 5.82 Å². The van der Waals surface area contributed by atoms with Crippen LogP contribution in [0.2, 0.25) is 0 Å². The molecule has 4 nitrogen and oxygen atoms in total. The first kappa shape index (κ1) is 10.1. The topological polar surface area (TPSA) is 53.1 Å². The van der Waals surface area contributed by atoms with Crippen molar-refractivity contribution in [3.63, 3.8) is 0 Å². The molecule has 1 unspecified atom stereocenters. The van der Waals surface area contributed by atoms with Crippen LogP contribution < -0.4 is 5.73 Å². The van der Waals surface area contributed by atoms with Gasteiger partial charge in [0.25, 0.3) is 0 Å². The van der Waals surface area contributed by atoms with Crippen molar-refractivity contribution in [3.05, 3.63) is 11.8 Å². The third-order valence-electron chi connectivity index (χ3n) is 2.05. The number of rotatable bonds is 4. The first-order chi connectivity index (χ1) is 6.13. The summed E-state index contributed by atoms with van der Waals surface area (Å²) in [6.45, 7) is 6.54. The minimum absolute atomic E-state index is 0.269. The van der Waals surface area contributed by atoms with Crippen LogP contribution in [-0.4, -0.2) is 15.9 Å². The number of hydrogen-bond donors (Lipinski definition) is 1. The minimum Gasteiger partial charge on any atom is -0.382 e. The monoisotopic (exact) mass is 183 g/mol. The molecule has 0 radical (unpaired) electrons. The maximum Gasteiger partial charge on any atom is 0.148 e. The molecule has 0 aliphatic heterocycles. The lowest BCUT2D eigenvalue weighted by molar-refractivity contribution is 0.00998. The zero-order valence-electron chi connectivity index (χ0n) is 8.45. The molecule has 1 heterocycles. The van der Waals surface area contributed by atoms with Gasteiger partial charge in [-0.25, -0.2) is 4.68 Å². The highest BCUT2D eigenvalue weighted by molar-refractivity contribution is 5.35. The second-order valence-corrected chi connectivity index (χ2v) is 3.25. The fourth-order valence-corrected chi connectivity index (χ4v) is 0.923. The summed E-state index contributed by atoms with van der Waals surface area (Å²) in [6, 6.07) is 0. The third kappa shape index (κ3) is 2.73. The van der Waals surface area contributed by atoms with Crippen LogP contribution >= 0.6 is 0 Å². The highest BCUT2D eigenvalue weighted by atomic mass is 16.5. The predicted molar refractivity (Wildman–Crippen MR) is 52.2 cm³/mol. The molecule has 1 rings (SSSR count). The SMILES string of the molecule is CCC(C)OCn1cc(C)c(N)n1. The Morgan fingerprint density at radius 1 is 1.69 bits per heavy atom. The number of hydrogen-bond acceptors (Lipinski definition) is 3. The molecule has 0 saturated heterocycles. The number of anilines is 1. The Morgan fingerprint density at radius 3 is 2.85 bits per heavy atom. The first-order valence-electron chi connectivity index (χ1n) is 4.54. The Labute approximate surface area is 78.7 Å². The van der Waals surface area contributed by atoms with Gasteiger partial charge < -0.3 is 10.5 Å². The van der Waals surface area contributed by atoms with Gasteiger partial charge >= 0.3 is 0 Å². The van der Waals surface area contributed by atoms with E-state index in [9.17, 15) is 0 Å². The molecule has 13 heavy (non-hydrogen) atoms. The summed E-state index contributed by atoms with van der Waals surface area (Å²) in [4.78, 5) is 0. The van der Waals surface area contributed by atoms with Crippen LogP contribution in [0.1, 0.15) is 25.8 Å². The van der Waals surface area contributed by atoms with Crippen LogP contribution in [0.25, 0.3) is 0 Å². The molecule has 1 aromatic rings. The van der Waals surface area contributed by atoms with Crippen LogP contribution in [0.3, 0.4) is 0 Å². The quantitative estimate of drug-likeness (QED) is 0.770. The van der Waals surface area contributed by atoms with E-state index >= 15 is 0 Å². The summed E-state index contributed by atoms with van der Waals surface area (Å²) < 4.78 is 7.21. The smallest absolute Gasteiger partial charge is 0.148 e. The Kier molecular flexibility index (Phi) is 3.31. The lowest BCUT2D eigenvalue weighted by Crippen LogP contribution is -2.11. The van der Waals surface area contributed by atoms with E-state index in [2.05, 4.69) is 12.0 Å². The Balaban J connectivity index is 2.45. The highest BCUT2D eigenvalue weighted by Gasteiger charge is 2.02. The van der Waals surface area contributed by atoms with E-state index in [0.29, 0.717) is 12.5 Å². The van der Waals surface area contributed by atoms with Gasteiger partial charge in [0.1, 0.15) is 12.5 Å². The number of aromatic nitrogens is 2. The molecule has 0 amide bonds. The van der Waals surface area contributed by atoms with Gasteiger partial charge in [-0.1, -0.05) is 6.92 Å². The molecule has 0 saturated carbocycles. The third-order valence-corrected chi connectivity index (χ3v) is 2.05. The fraction of sp³-hybridized carbons (Fsp3) is 0.667. The predicted octanol–water partition coefficient (Wildman–Crippen LogP) is 1.55. The zero-order chi connectivity index (χ0) is 9.84. The van der Waals surface area contributed by atoms with Crippen LogP contribution in [0.5, 0.6) is 0 Å². The molecule has 0 aromatic carbocycles. The van der Waals surface area contributed by atoms with Gasteiger partial charge in [-0.2, -0.15) is 5.10 Å². The number of nitrogens with zero attached hydrogens (tertiary/aromatic N) is 2. The van der Waals surface area contributed by atoms with Gasteiger partial charge in [-0.05, 0) is 20.3 Å². The van der Waals surface area contributed by atoms with E-state index in [4.69, 9.17) is 10.5 Å². The Bertz CT molecular complexity index is 250. The van der Waals surface area contributed by atoms with Crippen molar-refractivity contribution in [2.24, 2.45) is 0 Å². The van der Waals surface area contributed by atoms with Crippen LogP contribution in [0.15, 0.2) is 6.20 Å². The molecule has 1 aromatic heterocycles. The lowest BCUT2D eigenvalue weighted by atomic mass is 10.3. The molecule has 0 fully saturated rings. The molecule has 2 N–H and O–H groups in total. The molecular weight excluding hydrogens is 166 g/mol. The van der Waals surface area contributed by atoms with Gasteiger partial charge in [0.05, 0.1) is 6.10 Å². The standard InChI is InChI=1S/C9H17N3O/c1-4-8(3)13-6-12-5-7(2)9(10)11-12/h5,8H,4,6H2,1-3H3,(H2,10,11). The van der Waals surface area contributed by atoms with Gasteiger partial charge in [-0.3, -0.25) is 0 Å². The molecule has 0 aliphatic rings. The second-order valence-electron chi connectivity index (χ2n) is 3.25. The molecule has 0 aliphatic carbocycles. The molecule has 4 heteroatoms. The fourth-order valence-electron chi connectivity index (χ4n) is 0.923. The second kappa shape index (κ2) is 4.28. The Morgan fingerprint density at radius 2 is 2.38 bits per heavy atom. The number of nitrogens with two attached hydrogens (primary N) is 1. The summed E-state index contributed by atoms with van der Waals surface area (Å²) in [6.07, 6.45) is 3.17. The van der Waals surface area contributed by atoms with Crippen molar-refractivity contribution in [2.45, 2.75) is 40.0 Å². The lowest BCUT2D eigenvalue weighted by Gasteiger charge is -2.09. The van der Waals surface area contributed by atoms with E-state index in [0.717, 1.165) is 12.0 Å². The Hall–Kier alpha value is -1.03. The molecule has 0 bridgehead atoms. The minimum atomic E-state index is 0.269.